The van der Waals surface area contributed by atoms with E-state index in [4.69, 9.17) is 4.74 Å². The maximum Gasteiger partial charge on any atom is 0.255 e. The third-order valence-corrected chi connectivity index (χ3v) is 4.50. The molecule has 5 nitrogen and oxygen atoms in total. The Hall–Kier alpha value is -3.08. The van der Waals surface area contributed by atoms with Crippen LogP contribution in [0.1, 0.15) is 42.3 Å². The summed E-state index contributed by atoms with van der Waals surface area (Å²) in [7, 11) is 0. The van der Waals surface area contributed by atoms with E-state index in [2.05, 4.69) is 10.3 Å². The molecule has 0 spiro atoms. The van der Waals surface area contributed by atoms with Crippen molar-refractivity contribution in [1.82, 2.24) is 4.98 Å². The zero-order chi connectivity index (χ0) is 19.6. The average Bonchev–Trinajstić information content (AvgIpc) is 2.62. The lowest BCUT2D eigenvalue weighted by molar-refractivity contribution is 0.102. The summed E-state index contributed by atoms with van der Waals surface area (Å²) in [5.41, 5.74) is 3.59. The van der Waals surface area contributed by atoms with Gasteiger partial charge in [-0.2, -0.15) is 0 Å². The number of amides is 1. The maximum atomic E-state index is 12.5. The Morgan fingerprint density at radius 1 is 1.15 bits per heavy atom. The van der Waals surface area contributed by atoms with E-state index < -0.39 is 0 Å². The SMILES string of the molecule is CCc1c(C)c2ccc(NC(=O)c3ccc(OC(C)C)cc3)cc2[nH]c1=O. The van der Waals surface area contributed by atoms with E-state index in [1.807, 2.05) is 39.8 Å². The largest absolute Gasteiger partial charge is 0.491 e. The molecule has 0 saturated carbocycles. The third-order valence-electron chi connectivity index (χ3n) is 4.50. The van der Waals surface area contributed by atoms with Gasteiger partial charge in [-0.3, -0.25) is 9.59 Å². The molecule has 0 saturated heterocycles. The summed E-state index contributed by atoms with van der Waals surface area (Å²) in [5.74, 6) is 0.515. The van der Waals surface area contributed by atoms with Crippen molar-refractivity contribution in [2.24, 2.45) is 0 Å². The molecule has 0 atom stereocenters. The first-order chi connectivity index (χ1) is 12.9. The van der Waals surface area contributed by atoms with Gasteiger partial charge in [0.15, 0.2) is 0 Å². The smallest absolute Gasteiger partial charge is 0.255 e. The minimum absolute atomic E-state index is 0.0771. The number of aromatic amines is 1. The Kier molecular flexibility index (Phi) is 5.31. The van der Waals surface area contributed by atoms with E-state index in [1.54, 1.807) is 30.3 Å². The van der Waals surface area contributed by atoms with E-state index in [1.165, 1.54) is 0 Å². The molecule has 27 heavy (non-hydrogen) atoms. The summed E-state index contributed by atoms with van der Waals surface area (Å²) < 4.78 is 5.59. The quantitative estimate of drug-likeness (QED) is 0.703. The van der Waals surface area contributed by atoms with Crippen molar-refractivity contribution in [2.75, 3.05) is 5.32 Å². The van der Waals surface area contributed by atoms with Crippen LogP contribution in [0.3, 0.4) is 0 Å². The number of H-pyrrole nitrogens is 1. The predicted octanol–water partition coefficient (Wildman–Crippen LogP) is 4.44. The number of nitrogens with one attached hydrogen (secondary N) is 2. The number of carbonyl (C=O) groups is 1. The average molecular weight is 364 g/mol. The van der Waals surface area contributed by atoms with Crippen molar-refractivity contribution in [2.45, 2.75) is 40.2 Å². The fourth-order valence-corrected chi connectivity index (χ4v) is 3.17. The molecule has 2 aromatic carbocycles. The van der Waals surface area contributed by atoms with Crippen LogP contribution in [0.4, 0.5) is 5.69 Å². The fourth-order valence-electron chi connectivity index (χ4n) is 3.17. The van der Waals surface area contributed by atoms with Crippen LogP contribution in [0, 0.1) is 6.92 Å². The number of hydrogen-bond acceptors (Lipinski definition) is 3. The first-order valence-electron chi connectivity index (χ1n) is 9.12. The molecule has 0 fully saturated rings. The summed E-state index contributed by atoms with van der Waals surface area (Å²) in [6.45, 7) is 7.83. The highest BCUT2D eigenvalue weighted by atomic mass is 16.5. The van der Waals surface area contributed by atoms with Gasteiger partial charge in [-0.25, -0.2) is 0 Å². The maximum absolute atomic E-state index is 12.5. The standard InChI is InChI=1S/C22H24N2O3/c1-5-18-14(4)19-11-8-16(12-20(19)24-22(18)26)23-21(25)15-6-9-17(10-7-15)27-13(2)3/h6-13H,5H2,1-4H3,(H,23,25)(H,24,26). The number of hydrogen-bond donors (Lipinski definition) is 2. The summed E-state index contributed by atoms with van der Waals surface area (Å²) in [6.07, 6.45) is 0.771. The van der Waals surface area contributed by atoms with E-state index in [0.717, 1.165) is 22.3 Å². The topological polar surface area (TPSA) is 71.2 Å². The first kappa shape index (κ1) is 18.7. The molecule has 2 N–H and O–H groups in total. The lowest BCUT2D eigenvalue weighted by Gasteiger charge is -2.11. The number of benzene rings is 2. The van der Waals surface area contributed by atoms with Gasteiger partial charge < -0.3 is 15.0 Å². The number of pyridine rings is 1. The lowest BCUT2D eigenvalue weighted by Crippen LogP contribution is -2.15. The number of aromatic nitrogens is 1. The third kappa shape index (κ3) is 4.03. The molecule has 1 heterocycles. The Morgan fingerprint density at radius 2 is 1.85 bits per heavy atom. The molecular formula is C22H24N2O3. The highest BCUT2D eigenvalue weighted by Crippen LogP contribution is 2.22. The number of carbonyl (C=O) groups excluding carboxylic acids is 1. The van der Waals surface area contributed by atoms with Gasteiger partial charge in [0.05, 0.1) is 11.6 Å². The van der Waals surface area contributed by atoms with Crippen LogP contribution in [0.5, 0.6) is 5.75 Å². The second-order valence-electron chi connectivity index (χ2n) is 6.82. The zero-order valence-electron chi connectivity index (χ0n) is 16.1. The van der Waals surface area contributed by atoms with Gasteiger partial charge in [-0.05, 0) is 69.2 Å². The van der Waals surface area contributed by atoms with Crippen LogP contribution in [0.25, 0.3) is 10.9 Å². The summed E-state index contributed by atoms with van der Waals surface area (Å²) >= 11 is 0. The van der Waals surface area contributed by atoms with E-state index in [-0.39, 0.29) is 17.6 Å². The van der Waals surface area contributed by atoms with Crippen LogP contribution in [0.15, 0.2) is 47.3 Å². The molecule has 5 heteroatoms. The Morgan fingerprint density at radius 3 is 2.48 bits per heavy atom. The van der Waals surface area contributed by atoms with E-state index >= 15 is 0 Å². The number of anilines is 1. The van der Waals surface area contributed by atoms with Crippen molar-refractivity contribution in [1.29, 1.82) is 0 Å². The molecule has 140 valence electrons. The molecule has 0 aliphatic carbocycles. The monoisotopic (exact) mass is 364 g/mol. The van der Waals surface area contributed by atoms with Crippen LogP contribution < -0.4 is 15.6 Å². The first-order valence-corrected chi connectivity index (χ1v) is 9.12. The van der Waals surface area contributed by atoms with Gasteiger partial charge in [0.2, 0.25) is 0 Å². The van der Waals surface area contributed by atoms with Crippen LogP contribution in [-0.2, 0) is 6.42 Å². The number of aryl methyl sites for hydroxylation is 1. The normalized spacial score (nSPS) is 11.0. The van der Waals surface area contributed by atoms with E-state index in [9.17, 15) is 9.59 Å². The molecular weight excluding hydrogens is 340 g/mol. The molecule has 3 rings (SSSR count). The summed E-state index contributed by atoms with van der Waals surface area (Å²) in [6, 6.07) is 12.6. The molecule has 0 radical (unpaired) electrons. The summed E-state index contributed by atoms with van der Waals surface area (Å²) in [5, 5.41) is 3.86. The minimum Gasteiger partial charge on any atom is -0.491 e. The second-order valence-corrected chi connectivity index (χ2v) is 6.82. The number of fused-ring (bicyclic) bond motifs is 1. The fraction of sp³-hybridized carbons (Fsp3) is 0.273. The Labute approximate surface area is 158 Å². The van der Waals surface area contributed by atoms with Gasteiger partial charge in [-0.1, -0.05) is 13.0 Å². The predicted molar refractivity (Wildman–Crippen MR) is 109 cm³/mol. The second kappa shape index (κ2) is 7.66. The highest BCUT2D eigenvalue weighted by molar-refractivity contribution is 6.05. The summed E-state index contributed by atoms with van der Waals surface area (Å²) in [4.78, 5) is 27.6. The van der Waals surface area contributed by atoms with Crippen LogP contribution in [0.2, 0.25) is 0 Å². The van der Waals surface area contributed by atoms with Crippen molar-refractivity contribution in [3.05, 3.63) is 69.5 Å². The molecule has 1 amide bonds. The van der Waals surface area contributed by atoms with E-state index in [0.29, 0.717) is 23.2 Å². The van der Waals surface area contributed by atoms with Crippen LogP contribution >= 0.6 is 0 Å². The molecule has 0 unspecified atom stereocenters. The minimum atomic E-state index is -0.213. The van der Waals surface area contributed by atoms with Gasteiger partial charge in [-0.15, -0.1) is 0 Å². The van der Waals surface area contributed by atoms with Gasteiger partial charge in [0, 0.05) is 22.2 Å². The van der Waals surface area contributed by atoms with Crippen molar-refractivity contribution < 1.29 is 9.53 Å². The number of rotatable bonds is 5. The molecule has 3 aromatic rings. The molecule has 1 aromatic heterocycles. The van der Waals surface area contributed by atoms with Gasteiger partial charge in [0.25, 0.3) is 11.5 Å². The molecule has 0 bridgehead atoms. The van der Waals surface area contributed by atoms with Crippen molar-refractivity contribution in [3.8, 4) is 5.75 Å². The van der Waals surface area contributed by atoms with Crippen molar-refractivity contribution in [3.63, 3.8) is 0 Å². The molecule has 0 aliphatic heterocycles. The Balaban J connectivity index is 1.84. The van der Waals surface area contributed by atoms with Gasteiger partial charge in [0.1, 0.15) is 5.75 Å². The van der Waals surface area contributed by atoms with Crippen LogP contribution in [-0.4, -0.2) is 17.0 Å². The zero-order valence-corrected chi connectivity index (χ0v) is 16.1. The molecule has 0 aliphatic rings. The lowest BCUT2D eigenvalue weighted by atomic mass is 10.0. The van der Waals surface area contributed by atoms with Gasteiger partial charge >= 0.3 is 0 Å². The highest BCUT2D eigenvalue weighted by Gasteiger charge is 2.10. The van der Waals surface area contributed by atoms with Crippen molar-refractivity contribution >= 4 is 22.5 Å². The number of ether oxygens (including phenoxy) is 1. The Bertz CT molecular complexity index is 1030.